The molecule has 2 aromatic heterocycles. The first-order valence-corrected chi connectivity index (χ1v) is 11.8. The number of carbonyl (C=O) groups is 2. The van der Waals surface area contributed by atoms with Crippen LogP contribution in [0.1, 0.15) is 24.3 Å². The van der Waals surface area contributed by atoms with Crippen molar-refractivity contribution in [1.29, 1.82) is 0 Å². The molecule has 2 aliphatic rings. The molecule has 29 heavy (non-hydrogen) atoms. The van der Waals surface area contributed by atoms with Crippen LogP contribution >= 0.6 is 22.7 Å². The number of thiophene rings is 1. The number of ether oxygens (including phenoxy) is 1. The summed E-state index contributed by atoms with van der Waals surface area (Å²) in [5, 5.41) is 4.07. The molecular weight excluding hydrogens is 406 g/mol. The van der Waals surface area contributed by atoms with Gasteiger partial charge in [-0.2, -0.15) is 0 Å². The van der Waals surface area contributed by atoms with E-state index < -0.39 is 0 Å². The molecule has 1 saturated carbocycles. The van der Waals surface area contributed by atoms with Crippen LogP contribution in [0.15, 0.2) is 17.5 Å². The molecule has 3 heterocycles. The number of nitrogens with zero attached hydrogens (tertiary/aromatic N) is 3. The molecule has 0 unspecified atom stereocenters. The number of amides is 2. The highest BCUT2D eigenvalue weighted by molar-refractivity contribution is 7.21. The van der Waals surface area contributed by atoms with Crippen molar-refractivity contribution in [2.45, 2.75) is 26.2 Å². The number of aryl methyl sites for hydroxylation is 1. The van der Waals surface area contributed by atoms with Crippen molar-refractivity contribution in [3.63, 3.8) is 0 Å². The third-order valence-electron chi connectivity index (χ3n) is 5.92. The Bertz CT molecular complexity index is 1080. The molecule has 152 valence electrons. The molecule has 0 atom stereocenters. The summed E-state index contributed by atoms with van der Waals surface area (Å²) in [6.45, 7) is 4.45. The normalized spacial score (nSPS) is 17.7. The number of thiazole rings is 1. The van der Waals surface area contributed by atoms with Crippen molar-refractivity contribution in [3.8, 4) is 5.75 Å². The number of hydrogen-bond donors (Lipinski definition) is 0. The zero-order valence-corrected chi connectivity index (χ0v) is 18.0. The summed E-state index contributed by atoms with van der Waals surface area (Å²) in [5.74, 6) is 1.21. The molecule has 5 rings (SSSR count). The van der Waals surface area contributed by atoms with Gasteiger partial charge in [0.1, 0.15) is 5.75 Å². The summed E-state index contributed by atoms with van der Waals surface area (Å²) in [6.07, 6.45) is 3.20. The van der Waals surface area contributed by atoms with E-state index in [1.807, 2.05) is 34.2 Å². The summed E-state index contributed by atoms with van der Waals surface area (Å²) in [7, 11) is 0. The Labute approximate surface area is 177 Å². The van der Waals surface area contributed by atoms with Crippen LogP contribution in [-0.4, -0.2) is 59.4 Å². The molecule has 8 heteroatoms. The van der Waals surface area contributed by atoms with Gasteiger partial charge in [0, 0.05) is 43.5 Å². The number of rotatable bonds is 4. The summed E-state index contributed by atoms with van der Waals surface area (Å²) >= 11 is 3.29. The first kappa shape index (κ1) is 18.8. The molecule has 2 fully saturated rings. The number of fused-ring (bicyclic) bond motifs is 3. The van der Waals surface area contributed by atoms with Crippen molar-refractivity contribution in [2.75, 3.05) is 32.8 Å². The summed E-state index contributed by atoms with van der Waals surface area (Å²) in [4.78, 5) is 33.4. The highest BCUT2D eigenvalue weighted by Gasteiger charge is 2.32. The Morgan fingerprint density at radius 2 is 1.97 bits per heavy atom. The number of benzene rings is 1. The summed E-state index contributed by atoms with van der Waals surface area (Å²) < 4.78 is 8.16. The van der Waals surface area contributed by atoms with Gasteiger partial charge in [0.15, 0.2) is 6.61 Å². The number of hydrogen-bond acceptors (Lipinski definition) is 6. The van der Waals surface area contributed by atoms with E-state index >= 15 is 0 Å². The first-order chi connectivity index (χ1) is 14.1. The second kappa shape index (κ2) is 7.57. The lowest BCUT2D eigenvalue weighted by Gasteiger charge is -2.38. The second-order valence-electron chi connectivity index (χ2n) is 7.74. The molecular formula is C21H23N3O3S2. The zero-order chi connectivity index (χ0) is 20.0. The van der Waals surface area contributed by atoms with E-state index in [4.69, 9.17) is 4.74 Å². The van der Waals surface area contributed by atoms with Gasteiger partial charge in [0.05, 0.1) is 19.9 Å². The molecule has 1 aromatic carbocycles. The first-order valence-electron chi connectivity index (χ1n) is 10.1. The maximum atomic E-state index is 12.7. The number of piperazine rings is 1. The molecule has 3 aromatic rings. The SMILES string of the molecule is Cc1nc2c(cc(OCC(=O)N3CCN(C(=O)C4CCC4)CC3)c3ccsc32)s1. The third kappa shape index (κ3) is 3.48. The van der Waals surface area contributed by atoms with Gasteiger partial charge in [-0.15, -0.1) is 22.7 Å². The van der Waals surface area contributed by atoms with Gasteiger partial charge < -0.3 is 14.5 Å². The Kier molecular flexibility index (Phi) is 4.91. The molecule has 0 radical (unpaired) electrons. The Balaban J connectivity index is 1.23. The van der Waals surface area contributed by atoms with Crippen molar-refractivity contribution >= 4 is 54.8 Å². The number of aromatic nitrogens is 1. The average molecular weight is 430 g/mol. The maximum Gasteiger partial charge on any atom is 0.260 e. The third-order valence-corrected chi connectivity index (χ3v) is 7.76. The van der Waals surface area contributed by atoms with Crippen LogP contribution in [0.5, 0.6) is 5.75 Å². The minimum absolute atomic E-state index is 0.0187. The van der Waals surface area contributed by atoms with Crippen LogP contribution in [0.3, 0.4) is 0 Å². The Morgan fingerprint density at radius 3 is 2.69 bits per heavy atom. The lowest BCUT2D eigenvalue weighted by molar-refractivity contribution is -0.144. The van der Waals surface area contributed by atoms with Gasteiger partial charge >= 0.3 is 0 Å². The van der Waals surface area contributed by atoms with Crippen LogP contribution in [0, 0.1) is 12.8 Å². The van der Waals surface area contributed by atoms with E-state index in [0.717, 1.165) is 50.3 Å². The molecule has 6 nitrogen and oxygen atoms in total. The largest absolute Gasteiger partial charge is 0.483 e. The lowest BCUT2D eigenvalue weighted by Crippen LogP contribution is -2.53. The highest BCUT2D eigenvalue weighted by atomic mass is 32.1. The predicted molar refractivity (Wildman–Crippen MR) is 116 cm³/mol. The van der Waals surface area contributed by atoms with Crippen LogP contribution in [-0.2, 0) is 9.59 Å². The smallest absolute Gasteiger partial charge is 0.260 e. The van der Waals surface area contributed by atoms with Crippen LogP contribution in [0.25, 0.3) is 20.3 Å². The zero-order valence-electron chi connectivity index (χ0n) is 16.3. The average Bonchev–Trinajstić information content (AvgIpc) is 3.30. The van der Waals surface area contributed by atoms with Gasteiger partial charge in [-0.3, -0.25) is 9.59 Å². The van der Waals surface area contributed by atoms with Gasteiger partial charge in [-0.25, -0.2) is 4.98 Å². The van der Waals surface area contributed by atoms with Gasteiger partial charge in [0.25, 0.3) is 5.91 Å². The molecule has 1 saturated heterocycles. The predicted octanol–water partition coefficient (Wildman–Crippen LogP) is 3.67. The molecule has 0 spiro atoms. The monoisotopic (exact) mass is 429 g/mol. The Hall–Kier alpha value is -2.19. The van der Waals surface area contributed by atoms with Crippen molar-refractivity contribution in [3.05, 3.63) is 22.5 Å². The molecule has 0 N–H and O–H groups in total. The van der Waals surface area contributed by atoms with E-state index in [0.29, 0.717) is 26.2 Å². The van der Waals surface area contributed by atoms with Crippen LogP contribution in [0.2, 0.25) is 0 Å². The standard InChI is InChI=1S/C21H23N3O3S2/c1-13-22-19-17(29-13)11-16(15-5-10-28-20(15)19)27-12-18(25)23-6-8-24(9-7-23)21(26)14-3-2-4-14/h5,10-11,14H,2-4,6-9,12H2,1H3. The highest BCUT2D eigenvalue weighted by Crippen LogP contribution is 2.38. The van der Waals surface area contributed by atoms with E-state index in [1.54, 1.807) is 22.7 Å². The fourth-order valence-electron chi connectivity index (χ4n) is 4.03. The molecule has 1 aliphatic carbocycles. The summed E-state index contributed by atoms with van der Waals surface area (Å²) in [6, 6.07) is 4.02. The van der Waals surface area contributed by atoms with E-state index in [9.17, 15) is 9.59 Å². The van der Waals surface area contributed by atoms with Crippen LogP contribution in [0.4, 0.5) is 0 Å². The summed E-state index contributed by atoms with van der Waals surface area (Å²) in [5.41, 5.74) is 1.02. The minimum atomic E-state index is -0.0234. The minimum Gasteiger partial charge on any atom is -0.483 e. The molecule has 1 aliphatic heterocycles. The molecule has 0 bridgehead atoms. The fourth-order valence-corrected chi connectivity index (χ4v) is 5.86. The second-order valence-corrected chi connectivity index (χ2v) is 9.89. The number of carbonyl (C=O) groups excluding carboxylic acids is 2. The molecule has 2 amide bonds. The van der Waals surface area contributed by atoms with Crippen LogP contribution < -0.4 is 4.74 Å². The van der Waals surface area contributed by atoms with Gasteiger partial charge in [-0.1, -0.05) is 6.42 Å². The van der Waals surface area contributed by atoms with Crippen molar-refractivity contribution < 1.29 is 14.3 Å². The van der Waals surface area contributed by atoms with Gasteiger partial charge in [-0.05, 0) is 31.2 Å². The van der Waals surface area contributed by atoms with E-state index in [2.05, 4.69) is 4.98 Å². The van der Waals surface area contributed by atoms with Gasteiger partial charge in [0.2, 0.25) is 5.91 Å². The fraction of sp³-hybridized carbons (Fsp3) is 0.476. The van der Waals surface area contributed by atoms with Crippen molar-refractivity contribution in [2.24, 2.45) is 5.92 Å². The van der Waals surface area contributed by atoms with Crippen molar-refractivity contribution in [1.82, 2.24) is 14.8 Å². The topological polar surface area (TPSA) is 62.7 Å². The lowest BCUT2D eigenvalue weighted by atomic mass is 9.84. The van der Waals surface area contributed by atoms with E-state index in [-0.39, 0.29) is 24.3 Å². The van der Waals surface area contributed by atoms with E-state index in [1.165, 1.54) is 0 Å². The quantitative estimate of drug-likeness (QED) is 0.635. The Morgan fingerprint density at radius 1 is 1.21 bits per heavy atom. The maximum absolute atomic E-state index is 12.7.